The Labute approximate surface area is 121 Å². The van der Waals surface area contributed by atoms with E-state index in [0.717, 1.165) is 0 Å². The summed E-state index contributed by atoms with van der Waals surface area (Å²) < 4.78 is 23.3. The quantitative estimate of drug-likeness (QED) is 0.613. The highest BCUT2D eigenvalue weighted by Gasteiger charge is 2.38. The van der Waals surface area contributed by atoms with E-state index in [-0.39, 0.29) is 30.5 Å². The highest BCUT2D eigenvalue weighted by atomic mass is 32.2. The zero-order valence-electron chi connectivity index (χ0n) is 11.3. The topological polar surface area (TPSA) is 124 Å². The van der Waals surface area contributed by atoms with Crippen LogP contribution in [0.5, 0.6) is 0 Å². The van der Waals surface area contributed by atoms with Gasteiger partial charge in [0.15, 0.2) is 9.84 Å². The van der Waals surface area contributed by atoms with Crippen LogP contribution in [0, 0.1) is 0 Å². The van der Waals surface area contributed by atoms with Gasteiger partial charge >= 0.3 is 12.0 Å². The summed E-state index contributed by atoms with van der Waals surface area (Å²) in [6.07, 6.45) is -0.426. The summed E-state index contributed by atoms with van der Waals surface area (Å²) in [5.41, 5.74) is 0. The van der Waals surface area contributed by atoms with Crippen LogP contribution >= 0.6 is 0 Å². The molecule has 1 unspecified atom stereocenters. The van der Waals surface area contributed by atoms with Gasteiger partial charge in [0.25, 0.3) is 0 Å². The number of carbonyl (C=O) groups excluding carboxylic acids is 2. The molecule has 2 aliphatic rings. The number of sulfone groups is 1. The summed E-state index contributed by atoms with van der Waals surface area (Å²) in [6, 6.07) is -1.37. The van der Waals surface area contributed by atoms with Gasteiger partial charge in [-0.2, -0.15) is 0 Å². The minimum absolute atomic E-state index is 0.0444. The second-order valence-electron chi connectivity index (χ2n) is 5.11. The van der Waals surface area contributed by atoms with E-state index in [1.165, 1.54) is 9.80 Å². The van der Waals surface area contributed by atoms with E-state index in [4.69, 9.17) is 5.11 Å². The number of urea groups is 1. The van der Waals surface area contributed by atoms with Crippen molar-refractivity contribution in [2.24, 2.45) is 0 Å². The summed E-state index contributed by atoms with van der Waals surface area (Å²) in [6.45, 7) is 0.521. The molecule has 10 heteroatoms. The van der Waals surface area contributed by atoms with Gasteiger partial charge < -0.3 is 20.2 Å². The zero-order chi connectivity index (χ0) is 15.6. The number of rotatable bonds is 2. The molecule has 118 valence electrons. The molecule has 2 aliphatic heterocycles. The van der Waals surface area contributed by atoms with Crippen LogP contribution in [0.4, 0.5) is 4.79 Å². The summed E-state index contributed by atoms with van der Waals surface area (Å²) >= 11 is 0. The Hall–Kier alpha value is -1.84. The molecule has 3 amide bonds. The smallest absolute Gasteiger partial charge is 0.320 e. The van der Waals surface area contributed by atoms with Crippen molar-refractivity contribution in [3.63, 3.8) is 0 Å². The Morgan fingerprint density at radius 1 is 1.33 bits per heavy atom. The van der Waals surface area contributed by atoms with Crippen LogP contribution < -0.4 is 5.32 Å². The molecule has 0 aromatic rings. The lowest BCUT2D eigenvalue weighted by Crippen LogP contribution is -2.59. The lowest BCUT2D eigenvalue weighted by atomic mass is 10.2. The van der Waals surface area contributed by atoms with Gasteiger partial charge in [0.2, 0.25) is 5.91 Å². The molecule has 21 heavy (non-hydrogen) atoms. The largest absolute Gasteiger partial charge is 0.481 e. The van der Waals surface area contributed by atoms with Gasteiger partial charge in [-0.1, -0.05) is 0 Å². The van der Waals surface area contributed by atoms with E-state index >= 15 is 0 Å². The fourth-order valence-electron chi connectivity index (χ4n) is 2.49. The first-order chi connectivity index (χ1) is 9.78. The van der Waals surface area contributed by atoms with Crippen molar-refractivity contribution >= 4 is 27.7 Å². The van der Waals surface area contributed by atoms with Crippen LogP contribution in [0.3, 0.4) is 0 Å². The first-order valence-corrected chi connectivity index (χ1v) is 8.35. The Morgan fingerprint density at radius 3 is 2.67 bits per heavy atom. The number of piperazine rings is 1. The van der Waals surface area contributed by atoms with E-state index in [2.05, 4.69) is 5.32 Å². The number of aliphatic carboxylic acids is 1. The van der Waals surface area contributed by atoms with Gasteiger partial charge in [-0.3, -0.25) is 9.59 Å². The van der Waals surface area contributed by atoms with Crippen LogP contribution in [-0.2, 0) is 19.4 Å². The number of hydrogen-bond acceptors (Lipinski definition) is 5. The van der Waals surface area contributed by atoms with Crippen molar-refractivity contribution in [2.45, 2.75) is 12.5 Å². The van der Waals surface area contributed by atoms with Crippen molar-refractivity contribution in [2.75, 3.05) is 37.7 Å². The number of hydrogen-bond donors (Lipinski definition) is 2. The zero-order valence-corrected chi connectivity index (χ0v) is 12.1. The number of amides is 3. The van der Waals surface area contributed by atoms with Crippen LogP contribution in [0.1, 0.15) is 6.42 Å². The maximum atomic E-state index is 12.4. The van der Waals surface area contributed by atoms with Gasteiger partial charge in [-0.25, -0.2) is 13.2 Å². The predicted octanol–water partition coefficient (Wildman–Crippen LogP) is -1.89. The van der Waals surface area contributed by atoms with Gasteiger partial charge in [-0.15, -0.1) is 0 Å². The number of carbonyl (C=O) groups is 3. The van der Waals surface area contributed by atoms with Crippen molar-refractivity contribution in [1.29, 1.82) is 0 Å². The van der Waals surface area contributed by atoms with Crippen molar-refractivity contribution in [1.82, 2.24) is 15.1 Å². The molecule has 2 N–H and O–H groups in total. The molecule has 0 spiro atoms. The molecule has 0 radical (unpaired) electrons. The number of nitrogens with zero attached hydrogens (tertiary/aromatic N) is 2. The minimum Gasteiger partial charge on any atom is -0.481 e. The van der Waals surface area contributed by atoms with Gasteiger partial charge in [-0.05, 0) is 0 Å². The van der Waals surface area contributed by atoms with Crippen molar-refractivity contribution < 1.29 is 27.9 Å². The average molecular weight is 319 g/mol. The normalized spacial score (nSPS) is 25.3. The second kappa shape index (κ2) is 5.88. The molecule has 2 heterocycles. The van der Waals surface area contributed by atoms with Crippen molar-refractivity contribution in [3.8, 4) is 0 Å². The molecule has 0 saturated carbocycles. The maximum Gasteiger partial charge on any atom is 0.320 e. The highest BCUT2D eigenvalue weighted by Crippen LogP contribution is 2.17. The number of nitrogens with one attached hydrogen (secondary N) is 1. The first-order valence-electron chi connectivity index (χ1n) is 6.53. The van der Waals surface area contributed by atoms with E-state index in [1.807, 2.05) is 0 Å². The molecule has 1 atom stereocenters. The second-order valence-corrected chi connectivity index (χ2v) is 7.34. The third-order valence-electron chi connectivity index (χ3n) is 3.50. The fourth-order valence-corrected chi connectivity index (χ4v) is 4.02. The summed E-state index contributed by atoms with van der Waals surface area (Å²) in [7, 11) is -3.34. The Kier molecular flexibility index (Phi) is 4.35. The number of carboxylic acid groups (broad SMARTS) is 1. The Balaban J connectivity index is 2.13. The summed E-state index contributed by atoms with van der Waals surface area (Å²) in [4.78, 5) is 37.1. The van der Waals surface area contributed by atoms with Gasteiger partial charge in [0.05, 0.1) is 24.0 Å². The van der Waals surface area contributed by atoms with Crippen LogP contribution in [0.15, 0.2) is 0 Å². The number of carboxylic acids is 1. The van der Waals surface area contributed by atoms with Gasteiger partial charge in [0.1, 0.15) is 6.54 Å². The molecule has 0 aromatic heterocycles. The summed E-state index contributed by atoms with van der Waals surface area (Å²) in [5, 5.41) is 11.5. The average Bonchev–Trinajstić information content (AvgIpc) is 2.36. The lowest BCUT2D eigenvalue weighted by Gasteiger charge is -2.39. The SMILES string of the molecule is O=C(O)CC1CS(=O)(=O)CCN1C(=O)N1CCNC(=O)C1. The summed E-state index contributed by atoms with van der Waals surface area (Å²) in [5.74, 6) is -1.99. The minimum atomic E-state index is -3.34. The predicted molar refractivity (Wildman–Crippen MR) is 71.4 cm³/mol. The first kappa shape index (κ1) is 15.5. The third-order valence-corrected chi connectivity index (χ3v) is 5.19. The molecule has 2 rings (SSSR count). The van der Waals surface area contributed by atoms with Crippen molar-refractivity contribution in [3.05, 3.63) is 0 Å². The Bertz CT molecular complexity index is 560. The van der Waals surface area contributed by atoms with Crippen LogP contribution in [0.25, 0.3) is 0 Å². The molecular weight excluding hydrogens is 302 g/mol. The van der Waals surface area contributed by atoms with Gasteiger partial charge in [0, 0.05) is 19.6 Å². The van der Waals surface area contributed by atoms with E-state index < -0.39 is 34.3 Å². The molecule has 2 fully saturated rings. The molecule has 0 bridgehead atoms. The molecule has 0 aromatic carbocycles. The fraction of sp³-hybridized carbons (Fsp3) is 0.727. The van der Waals surface area contributed by atoms with Crippen LogP contribution in [0.2, 0.25) is 0 Å². The van der Waals surface area contributed by atoms with E-state index in [0.29, 0.717) is 13.1 Å². The lowest BCUT2D eigenvalue weighted by molar-refractivity contribution is -0.138. The van der Waals surface area contributed by atoms with E-state index in [9.17, 15) is 22.8 Å². The van der Waals surface area contributed by atoms with E-state index in [1.54, 1.807) is 0 Å². The molecule has 9 nitrogen and oxygen atoms in total. The molecule has 2 saturated heterocycles. The monoisotopic (exact) mass is 319 g/mol. The highest BCUT2D eigenvalue weighted by molar-refractivity contribution is 7.91. The standard InChI is InChI=1S/C11H17N3O6S/c15-9-6-13(2-1-12-9)11(18)14-3-4-21(19,20)7-8(14)5-10(16)17/h8H,1-7H2,(H,12,15)(H,16,17). The molecular formula is C11H17N3O6S. The maximum absolute atomic E-state index is 12.4. The molecule has 0 aliphatic carbocycles. The van der Waals surface area contributed by atoms with Crippen LogP contribution in [-0.4, -0.2) is 85.0 Å². The third kappa shape index (κ3) is 3.84. The Morgan fingerprint density at radius 2 is 2.05 bits per heavy atom.